The van der Waals surface area contributed by atoms with E-state index in [2.05, 4.69) is 29.6 Å². The zero-order chi connectivity index (χ0) is 19.1. The summed E-state index contributed by atoms with van der Waals surface area (Å²) in [6.45, 7) is 0.378. The highest BCUT2D eigenvalue weighted by Crippen LogP contribution is 2.20. The van der Waals surface area contributed by atoms with Crippen molar-refractivity contribution in [3.63, 3.8) is 0 Å². The van der Waals surface area contributed by atoms with Crippen LogP contribution >= 0.6 is 12.4 Å². The highest BCUT2D eigenvalue weighted by Gasteiger charge is 2.13. The second-order valence-corrected chi connectivity index (χ2v) is 6.66. The Balaban J connectivity index is 0.00000280. The van der Waals surface area contributed by atoms with Crippen molar-refractivity contribution in [1.29, 1.82) is 0 Å². The molecule has 0 radical (unpaired) electrons. The number of ether oxygens (including phenoxy) is 1. The molecule has 0 saturated carbocycles. The standard InChI is InChI=1S/C23H26N2O2.ClH/c1-27-21-13-9-17(10-14-21)5-4-8-23(26)25-22(16-24)20-12-11-18-6-2-3-7-19(18)15-20;/h2-3,6-7,9-15,22H,4-5,8,16,24H2,1H3,(H,25,26);1H. The maximum absolute atomic E-state index is 12.4. The summed E-state index contributed by atoms with van der Waals surface area (Å²) in [6.07, 6.45) is 2.14. The van der Waals surface area contributed by atoms with Crippen LogP contribution in [0.4, 0.5) is 0 Å². The fraction of sp³-hybridized carbons (Fsp3) is 0.261. The van der Waals surface area contributed by atoms with Crippen molar-refractivity contribution in [3.8, 4) is 5.75 Å². The molecule has 148 valence electrons. The van der Waals surface area contributed by atoms with Crippen LogP contribution in [-0.2, 0) is 11.2 Å². The van der Waals surface area contributed by atoms with Crippen LogP contribution < -0.4 is 15.8 Å². The zero-order valence-electron chi connectivity index (χ0n) is 16.1. The average molecular weight is 399 g/mol. The SMILES string of the molecule is COc1ccc(CCCC(=O)NC(CN)c2ccc3ccccc3c2)cc1.Cl. The van der Waals surface area contributed by atoms with Gasteiger partial charge in [0, 0.05) is 13.0 Å². The van der Waals surface area contributed by atoms with Gasteiger partial charge in [0.15, 0.2) is 0 Å². The largest absolute Gasteiger partial charge is 0.497 e. The molecule has 3 aromatic rings. The molecule has 0 saturated heterocycles. The monoisotopic (exact) mass is 398 g/mol. The molecular weight excluding hydrogens is 372 g/mol. The molecule has 0 heterocycles. The van der Waals surface area contributed by atoms with Gasteiger partial charge in [-0.25, -0.2) is 0 Å². The van der Waals surface area contributed by atoms with E-state index < -0.39 is 0 Å². The number of nitrogens with one attached hydrogen (secondary N) is 1. The normalized spacial score (nSPS) is 11.5. The van der Waals surface area contributed by atoms with Gasteiger partial charge in [0.25, 0.3) is 0 Å². The van der Waals surface area contributed by atoms with Gasteiger partial charge in [-0.15, -0.1) is 12.4 Å². The molecule has 3 aromatic carbocycles. The first-order chi connectivity index (χ1) is 13.2. The van der Waals surface area contributed by atoms with E-state index in [1.807, 2.05) is 42.5 Å². The molecule has 1 atom stereocenters. The molecule has 28 heavy (non-hydrogen) atoms. The predicted octanol–water partition coefficient (Wildman–Crippen LogP) is 4.41. The number of methoxy groups -OCH3 is 1. The summed E-state index contributed by atoms with van der Waals surface area (Å²) in [5.74, 6) is 0.879. The number of aryl methyl sites for hydroxylation is 1. The molecule has 5 heteroatoms. The van der Waals surface area contributed by atoms with Gasteiger partial charge in [0.1, 0.15) is 5.75 Å². The lowest BCUT2D eigenvalue weighted by Gasteiger charge is -2.18. The summed E-state index contributed by atoms with van der Waals surface area (Å²) in [4.78, 5) is 12.4. The van der Waals surface area contributed by atoms with E-state index in [1.165, 1.54) is 10.9 Å². The molecule has 0 bridgehead atoms. The van der Waals surface area contributed by atoms with Crippen molar-refractivity contribution in [1.82, 2.24) is 5.32 Å². The Kier molecular flexibility index (Phi) is 8.30. The molecule has 4 nitrogen and oxygen atoms in total. The van der Waals surface area contributed by atoms with Crippen LogP contribution in [0.15, 0.2) is 66.7 Å². The van der Waals surface area contributed by atoms with E-state index in [-0.39, 0.29) is 24.4 Å². The Morgan fingerprint density at radius 2 is 1.75 bits per heavy atom. The zero-order valence-corrected chi connectivity index (χ0v) is 16.9. The topological polar surface area (TPSA) is 64.3 Å². The first-order valence-corrected chi connectivity index (χ1v) is 9.30. The van der Waals surface area contributed by atoms with Gasteiger partial charge in [-0.1, -0.05) is 48.5 Å². The van der Waals surface area contributed by atoms with Crippen molar-refractivity contribution < 1.29 is 9.53 Å². The second-order valence-electron chi connectivity index (χ2n) is 6.66. The molecule has 0 aliphatic carbocycles. The third-order valence-electron chi connectivity index (χ3n) is 4.78. The predicted molar refractivity (Wildman–Crippen MR) is 117 cm³/mol. The summed E-state index contributed by atoms with van der Waals surface area (Å²) in [5, 5.41) is 5.41. The second kappa shape index (κ2) is 10.7. The van der Waals surface area contributed by atoms with E-state index in [0.717, 1.165) is 29.5 Å². The first-order valence-electron chi connectivity index (χ1n) is 9.30. The highest BCUT2D eigenvalue weighted by atomic mass is 35.5. The molecule has 3 N–H and O–H groups in total. The number of carbonyl (C=O) groups is 1. The van der Waals surface area contributed by atoms with Gasteiger partial charge in [-0.05, 0) is 52.9 Å². The number of halogens is 1. The molecule has 0 fully saturated rings. The lowest BCUT2D eigenvalue weighted by atomic mass is 10.0. The number of fused-ring (bicyclic) bond motifs is 1. The van der Waals surface area contributed by atoms with E-state index >= 15 is 0 Å². The Hall–Kier alpha value is -2.56. The maximum Gasteiger partial charge on any atom is 0.220 e. The van der Waals surface area contributed by atoms with Gasteiger partial charge in [0.2, 0.25) is 5.91 Å². The molecule has 0 aliphatic rings. The number of hydrogen-bond donors (Lipinski definition) is 2. The van der Waals surface area contributed by atoms with Crippen molar-refractivity contribution in [2.24, 2.45) is 5.73 Å². The Labute approximate surface area is 172 Å². The molecule has 0 spiro atoms. The van der Waals surface area contributed by atoms with E-state index in [0.29, 0.717) is 13.0 Å². The van der Waals surface area contributed by atoms with Gasteiger partial charge < -0.3 is 15.8 Å². The summed E-state index contributed by atoms with van der Waals surface area (Å²) >= 11 is 0. The summed E-state index contributed by atoms with van der Waals surface area (Å²) in [7, 11) is 1.66. The molecule has 0 aliphatic heterocycles. The quantitative estimate of drug-likeness (QED) is 0.590. The van der Waals surface area contributed by atoms with Crippen molar-refractivity contribution in [2.45, 2.75) is 25.3 Å². The average Bonchev–Trinajstić information content (AvgIpc) is 2.72. The van der Waals surface area contributed by atoms with Gasteiger partial charge >= 0.3 is 0 Å². The van der Waals surface area contributed by atoms with Crippen LogP contribution in [0.3, 0.4) is 0 Å². The van der Waals surface area contributed by atoms with Crippen molar-refractivity contribution in [2.75, 3.05) is 13.7 Å². The van der Waals surface area contributed by atoms with E-state index in [4.69, 9.17) is 10.5 Å². The van der Waals surface area contributed by atoms with Crippen LogP contribution in [-0.4, -0.2) is 19.6 Å². The van der Waals surface area contributed by atoms with Crippen LogP contribution in [0.1, 0.15) is 30.0 Å². The lowest BCUT2D eigenvalue weighted by molar-refractivity contribution is -0.121. The van der Waals surface area contributed by atoms with Crippen LogP contribution in [0.25, 0.3) is 10.8 Å². The fourth-order valence-corrected chi connectivity index (χ4v) is 3.21. The minimum absolute atomic E-state index is 0. The smallest absolute Gasteiger partial charge is 0.220 e. The number of amides is 1. The Morgan fingerprint density at radius 3 is 2.43 bits per heavy atom. The molecule has 3 rings (SSSR count). The number of rotatable bonds is 8. The molecular formula is C23H27ClN2O2. The number of hydrogen-bond acceptors (Lipinski definition) is 3. The van der Waals surface area contributed by atoms with Gasteiger partial charge in [-0.2, -0.15) is 0 Å². The molecule has 0 aromatic heterocycles. The molecule has 1 amide bonds. The lowest BCUT2D eigenvalue weighted by Crippen LogP contribution is -2.33. The van der Waals surface area contributed by atoms with Crippen molar-refractivity contribution in [3.05, 3.63) is 77.9 Å². The van der Waals surface area contributed by atoms with Crippen LogP contribution in [0, 0.1) is 0 Å². The maximum atomic E-state index is 12.4. The summed E-state index contributed by atoms with van der Waals surface area (Å²) in [6, 6.07) is 22.2. The highest BCUT2D eigenvalue weighted by molar-refractivity contribution is 5.85. The van der Waals surface area contributed by atoms with Crippen molar-refractivity contribution >= 4 is 29.1 Å². The summed E-state index contributed by atoms with van der Waals surface area (Å²) in [5.41, 5.74) is 8.16. The third kappa shape index (κ3) is 5.72. The first kappa shape index (κ1) is 21.7. The minimum Gasteiger partial charge on any atom is -0.497 e. The Morgan fingerprint density at radius 1 is 1.04 bits per heavy atom. The summed E-state index contributed by atoms with van der Waals surface area (Å²) < 4.78 is 5.16. The van der Waals surface area contributed by atoms with Gasteiger partial charge in [0.05, 0.1) is 13.2 Å². The minimum atomic E-state index is -0.164. The van der Waals surface area contributed by atoms with Gasteiger partial charge in [-0.3, -0.25) is 4.79 Å². The molecule has 1 unspecified atom stereocenters. The number of carbonyl (C=O) groups excluding carboxylic acids is 1. The number of nitrogens with two attached hydrogens (primary N) is 1. The fourth-order valence-electron chi connectivity index (χ4n) is 3.21. The van der Waals surface area contributed by atoms with E-state index in [1.54, 1.807) is 7.11 Å². The Bertz CT molecular complexity index is 897. The van der Waals surface area contributed by atoms with Crippen LogP contribution in [0.5, 0.6) is 5.75 Å². The van der Waals surface area contributed by atoms with E-state index in [9.17, 15) is 4.79 Å². The number of benzene rings is 3. The third-order valence-corrected chi connectivity index (χ3v) is 4.78. The van der Waals surface area contributed by atoms with Crippen LogP contribution in [0.2, 0.25) is 0 Å².